The van der Waals surface area contributed by atoms with Gasteiger partial charge in [0.2, 0.25) is 5.91 Å². The third kappa shape index (κ3) is 2.78. The summed E-state index contributed by atoms with van der Waals surface area (Å²) in [6.45, 7) is 6.31. The van der Waals surface area contributed by atoms with Gasteiger partial charge in [0, 0.05) is 30.8 Å². The fourth-order valence-electron chi connectivity index (χ4n) is 2.28. The summed E-state index contributed by atoms with van der Waals surface area (Å²) in [4.78, 5) is 25.3. The Hall–Kier alpha value is -1.84. The predicted octanol–water partition coefficient (Wildman–Crippen LogP) is 2.12. The zero-order valence-corrected chi connectivity index (χ0v) is 11.7. The van der Waals surface area contributed by atoms with E-state index in [1.165, 1.54) is 0 Å². The van der Waals surface area contributed by atoms with Crippen molar-refractivity contribution in [3.05, 3.63) is 29.3 Å². The highest BCUT2D eigenvalue weighted by Crippen LogP contribution is 2.28. The molecule has 1 aromatic rings. The summed E-state index contributed by atoms with van der Waals surface area (Å²) in [5.41, 5.74) is 2.68. The molecule has 0 aliphatic carbocycles. The maximum absolute atomic E-state index is 12.0. The number of nitrogens with one attached hydrogen (secondary N) is 1. The second-order valence-electron chi connectivity index (χ2n) is 5.05. The molecule has 2 rings (SSSR count). The molecule has 1 atom stereocenters. The largest absolute Gasteiger partial charge is 0.350 e. The minimum atomic E-state index is -0.0431. The van der Waals surface area contributed by atoms with Gasteiger partial charge in [-0.05, 0) is 43.5 Å². The van der Waals surface area contributed by atoms with E-state index in [1.807, 2.05) is 26.0 Å². The number of rotatable bonds is 3. The van der Waals surface area contributed by atoms with Crippen molar-refractivity contribution in [3.8, 4) is 0 Å². The quantitative estimate of drug-likeness (QED) is 0.905. The van der Waals surface area contributed by atoms with Crippen LogP contribution >= 0.6 is 0 Å². The van der Waals surface area contributed by atoms with E-state index in [-0.39, 0.29) is 17.9 Å². The lowest BCUT2D eigenvalue weighted by molar-refractivity contribution is -0.116. The second-order valence-corrected chi connectivity index (χ2v) is 5.05. The second kappa shape index (κ2) is 5.43. The zero-order valence-electron chi connectivity index (χ0n) is 11.7. The number of benzene rings is 1. The molecule has 0 fully saturated rings. The maximum Gasteiger partial charge on any atom is 0.251 e. The molecule has 0 spiro atoms. The van der Waals surface area contributed by atoms with Crippen molar-refractivity contribution in [2.75, 3.05) is 11.4 Å². The van der Waals surface area contributed by atoms with E-state index >= 15 is 0 Å². The molecule has 1 N–H and O–H groups in total. The summed E-state index contributed by atoms with van der Waals surface area (Å²) >= 11 is 0. The molecule has 1 unspecified atom stereocenters. The number of anilines is 1. The molecule has 0 saturated carbocycles. The Bertz CT molecular complexity index is 511. The fourth-order valence-corrected chi connectivity index (χ4v) is 2.28. The van der Waals surface area contributed by atoms with Crippen molar-refractivity contribution in [1.82, 2.24) is 5.32 Å². The molecule has 102 valence electrons. The van der Waals surface area contributed by atoms with Gasteiger partial charge in [-0.25, -0.2) is 0 Å². The van der Waals surface area contributed by atoms with Crippen LogP contribution in [0.15, 0.2) is 18.2 Å². The molecular formula is C15H20N2O2. The Morgan fingerprint density at radius 2 is 2.16 bits per heavy atom. The fraction of sp³-hybridized carbons (Fsp3) is 0.467. The highest BCUT2D eigenvalue weighted by Gasteiger charge is 2.23. The van der Waals surface area contributed by atoms with Crippen molar-refractivity contribution >= 4 is 17.5 Å². The first kappa shape index (κ1) is 13.6. The van der Waals surface area contributed by atoms with Crippen molar-refractivity contribution in [3.63, 3.8) is 0 Å². The third-order valence-electron chi connectivity index (χ3n) is 3.61. The summed E-state index contributed by atoms with van der Waals surface area (Å²) in [5, 5.41) is 2.95. The molecular weight excluding hydrogens is 240 g/mol. The van der Waals surface area contributed by atoms with Crippen LogP contribution in [0.2, 0.25) is 0 Å². The molecule has 0 aromatic heterocycles. The van der Waals surface area contributed by atoms with Crippen molar-refractivity contribution in [2.45, 2.75) is 39.7 Å². The first-order chi connectivity index (χ1) is 9.02. The number of hydrogen-bond donors (Lipinski definition) is 1. The van der Waals surface area contributed by atoms with Crippen LogP contribution in [0.5, 0.6) is 0 Å². The molecule has 1 aliphatic heterocycles. The summed E-state index contributed by atoms with van der Waals surface area (Å²) in [6, 6.07) is 5.73. The Labute approximate surface area is 113 Å². The molecule has 4 nitrogen and oxygen atoms in total. The lowest BCUT2D eigenvalue weighted by atomic mass is 10.1. The van der Waals surface area contributed by atoms with E-state index in [0.717, 1.165) is 24.1 Å². The van der Waals surface area contributed by atoms with Crippen LogP contribution in [0.3, 0.4) is 0 Å². The highest BCUT2D eigenvalue weighted by molar-refractivity contribution is 5.97. The monoisotopic (exact) mass is 260 g/mol. The summed E-state index contributed by atoms with van der Waals surface area (Å²) in [5.74, 6) is 0.00832. The van der Waals surface area contributed by atoms with Gasteiger partial charge in [-0.1, -0.05) is 6.92 Å². The van der Waals surface area contributed by atoms with Gasteiger partial charge in [0.05, 0.1) is 0 Å². The predicted molar refractivity (Wildman–Crippen MR) is 75.4 cm³/mol. The van der Waals surface area contributed by atoms with Crippen LogP contribution in [-0.4, -0.2) is 24.4 Å². The smallest absolute Gasteiger partial charge is 0.251 e. The van der Waals surface area contributed by atoms with Gasteiger partial charge in [0.25, 0.3) is 5.91 Å². The van der Waals surface area contributed by atoms with Gasteiger partial charge in [-0.2, -0.15) is 0 Å². The van der Waals surface area contributed by atoms with E-state index < -0.39 is 0 Å². The highest BCUT2D eigenvalue weighted by atomic mass is 16.2. The Balaban J connectivity index is 2.19. The number of carbonyl (C=O) groups is 2. The molecule has 0 saturated heterocycles. The molecule has 1 aromatic carbocycles. The topological polar surface area (TPSA) is 49.4 Å². The standard InChI is InChI=1S/C15H20N2O2/c1-4-10(2)16-15(19)13-5-6-14-12(9-13)7-8-17(14)11(3)18/h5-6,9-10H,4,7-8H2,1-3H3,(H,16,19). The Kier molecular flexibility index (Phi) is 3.88. The molecule has 4 heteroatoms. The summed E-state index contributed by atoms with van der Waals surface area (Å²) < 4.78 is 0. The first-order valence-electron chi connectivity index (χ1n) is 6.74. The maximum atomic E-state index is 12.0. The van der Waals surface area contributed by atoms with E-state index in [0.29, 0.717) is 12.1 Å². The van der Waals surface area contributed by atoms with E-state index in [2.05, 4.69) is 5.32 Å². The SMILES string of the molecule is CCC(C)NC(=O)c1ccc2c(c1)CCN2C(C)=O. The molecule has 0 bridgehead atoms. The minimum absolute atomic E-state index is 0.0431. The lowest BCUT2D eigenvalue weighted by Crippen LogP contribution is -2.32. The van der Waals surface area contributed by atoms with Crippen molar-refractivity contribution < 1.29 is 9.59 Å². The van der Waals surface area contributed by atoms with Crippen LogP contribution < -0.4 is 10.2 Å². The molecule has 1 aliphatic rings. The Morgan fingerprint density at radius 1 is 1.42 bits per heavy atom. The van der Waals surface area contributed by atoms with Gasteiger partial charge in [-0.3, -0.25) is 9.59 Å². The van der Waals surface area contributed by atoms with E-state index in [1.54, 1.807) is 17.9 Å². The molecule has 0 radical (unpaired) electrons. The average molecular weight is 260 g/mol. The van der Waals surface area contributed by atoms with Crippen LogP contribution in [-0.2, 0) is 11.2 Å². The summed E-state index contributed by atoms with van der Waals surface area (Å²) in [6.07, 6.45) is 1.73. The van der Waals surface area contributed by atoms with E-state index in [9.17, 15) is 9.59 Å². The lowest BCUT2D eigenvalue weighted by Gasteiger charge is -2.15. The van der Waals surface area contributed by atoms with Crippen LogP contribution in [0.4, 0.5) is 5.69 Å². The van der Waals surface area contributed by atoms with Gasteiger partial charge < -0.3 is 10.2 Å². The van der Waals surface area contributed by atoms with Crippen molar-refractivity contribution in [2.24, 2.45) is 0 Å². The summed E-state index contributed by atoms with van der Waals surface area (Å²) in [7, 11) is 0. The normalized spacial score (nSPS) is 15.0. The van der Waals surface area contributed by atoms with Gasteiger partial charge in [-0.15, -0.1) is 0 Å². The first-order valence-corrected chi connectivity index (χ1v) is 6.74. The number of fused-ring (bicyclic) bond motifs is 1. The third-order valence-corrected chi connectivity index (χ3v) is 3.61. The van der Waals surface area contributed by atoms with Crippen LogP contribution in [0.25, 0.3) is 0 Å². The Morgan fingerprint density at radius 3 is 2.79 bits per heavy atom. The number of carbonyl (C=O) groups excluding carboxylic acids is 2. The number of hydrogen-bond acceptors (Lipinski definition) is 2. The number of nitrogens with zero attached hydrogens (tertiary/aromatic N) is 1. The van der Waals surface area contributed by atoms with Gasteiger partial charge >= 0.3 is 0 Å². The minimum Gasteiger partial charge on any atom is -0.350 e. The molecule has 2 amide bonds. The average Bonchev–Trinajstić information content (AvgIpc) is 2.81. The van der Waals surface area contributed by atoms with E-state index in [4.69, 9.17) is 0 Å². The molecule has 1 heterocycles. The van der Waals surface area contributed by atoms with Gasteiger partial charge in [0.1, 0.15) is 0 Å². The van der Waals surface area contributed by atoms with Crippen LogP contribution in [0.1, 0.15) is 43.1 Å². The van der Waals surface area contributed by atoms with Crippen LogP contribution in [0, 0.1) is 0 Å². The molecule has 19 heavy (non-hydrogen) atoms. The number of amides is 2. The van der Waals surface area contributed by atoms with Crippen molar-refractivity contribution in [1.29, 1.82) is 0 Å². The van der Waals surface area contributed by atoms with Gasteiger partial charge in [0.15, 0.2) is 0 Å². The zero-order chi connectivity index (χ0) is 14.0.